The van der Waals surface area contributed by atoms with Crippen LogP contribution in [-0.2, 0) is 6.54 Å². The number of nitrogens with zero attached hydrogens (tertiary/aromatic N) is 3. The number of aromatic nitrogens is 2. The molecular weight excluding hydrogens is 252 g/mol. The third-order valence-electron chi connectivity index (χ3n) is 4.62. The second-order valence-electron chi connectivity index (χ2n) is 6.25. The number of hydrogen-bond acceptors (Lipinski definition) is 4. The van der Waals surface area contributed by atoms with Gasteiger partial charge in [-0.25, -0.2) is 0 Å². The molecule has 0 saturated carbocycles. The van der Waals surface area contributed by atoms with Gasteiger partial charge in [0.15, 0.2) is 0 Å². The number of β-amino-alcohol motifs (C(OH)–C–C–N with tert-alkyl or cyclic N) is 1. The first-order valence-electron chi connectivity index (χ1n) is 7.63. The molecule has 1 aromatic rings. The third-order valence-corrected chi connectivity index (χ3v) is 4.62. The number of aliphatic hydroxyl groups is 1. The van der Waals surface area contributed by atoms with Crippen LogP contribution in [0, 0.1) is 13.8 Å². The lowest BCUT2D eigenvalue weighted by atomic mass is 9.97. The molecule has 3 N–H and O–H groups in total. The van der Waals surface area contributed by atoms with Crippen molar-refractivity contribution in [2.45, 2.75) is 71.7 Å². The summed E-state index contributed by atoms with van der Waals surface area (Å²) in [6.07, 6.45) is 3.34. The molecule has 1 aromatic heterocycles. The van der Waals surface area contributed by atoms with Crippen LogP contribution < -0.4 is 5.73 Å². The maximum Gasteiger partial charge on any atom is 0.0863 e. The molecule has 0 radical (unpaired) electrons. The number of aryl methyl sites for hydroxylation is 1. The molecule has 0 bridgehead atoms. The summed E-state index contributed by atoms with van der Waals surface area (Å²) in [5.74, 6) is 0. The van der Waals surface area contributed by atoms with E-state index in [-0.39, 0.29) is 0 Å². The first-order valence-corrected chi connectivity index (χ1v) is 7.63. The Balaban J connectivity index is 1.97. The van der Waals surface area contributed by atoms with Crippen LogP contribution in [0.15, 0.2) is 0 Å². The van der Waals surface area contributed by atoms with Crippen LogP contribution in [0.3, 0.4) is 0 Å². The summed E-state index contributed by atoms with van der Waals surface area (Å²) in [6.45, 7) is 9.59. The van der Waals surface area contributed by atoms with Crippen LogP contribution in [0.25, 0.3) is 0 Å². The van der Waals surface area contributed by atoms with Crippen LogP contribution in [-0.4, -0.2) is 44.5 Å². The Morgan fingerprint density at radius 3 is 2.35 bits per heavy atom. The number of anilines is 1. The zero-order valence-electron chi connectivity index (χ0n) is 13.1. The molecule has 2 heterocycles. The quantitative estimate of drug-likeness (QED) is 0.881. The maximum absolute atomic E-state index is 10.4. The topological polar surface area (TPSA) is 67.3 Å². The largest absolute Gasteiger partial charge is 0.396 e. The Bertz CT molecular complexity index is 447. The minimum absolute atomic E-state index is 0.407. The van der Waals surface area contributed by atoms with E-state index in [4.69, 9.17) is 5.73 Å². The summed E-state index contributed by atoms with van der Waals surface area (Å²) in [5.41, 5.74) is 8.45. The zero-order chi connectivity index (χ0) is 14.9. The fraction of sp³-hybridized carbons (Fsp3) is 0.800. The summed E-state index contributed by atoms with van der Waals surface area (Å²) in [4.78, 5) is 2.42. The fourth-order valence-electron chi connectivity index (χ4n) is 3.22. The highest BCUT2D eigenvalue weighted by molar-refractivity contribution is 5.46. The minimum Gasteiger partial charge on any atom is -0.396 e. The van der Waals surface area contributed by atoms with Crippen molar-refractivity contribution in [1.82, 2.24) is 14.7 Å². The van der Waals surface area contributed by atoms with Crippen molar-refractivity contribution in [3.05, 3.63) is 11.4 Å². The second-order valence-corrected chi connectivity index (χ2v) is 6.25. The van der Waals surface area contributed by atoms with Gasteiger partial charge < -0.3 is 10.8 Å². The Kier molecular flexibility index (Phi) is 4.70. The summed E-state index contributed by atoms with van der Waals surface area (Å²) >= 11 is 0. The van der Waals surface area contributed by atoms with E-state index in [0.717, 1.165) is 17.1 Å². The number of aliphatic hydroxyl groups excluding tert-OH is 1. The first-order chi connectivity index (χ1) is 9.40. The number of likely N-dealkylation sites (tertiary alicyclic amines) is 1. The van der Waals surface area contributed by atoms with Crippen molar-refractivity contribution in [3.8, 4) is 0 Å². The molecule has 20 heavy (non-hydrogen) atoms. The summed E-state index contributed by atoms with van der Waals surface area (Å²) in [5, 5.41) is 14.8. The maximum atomic E-state index is 10.4. The van der Waals surface area contributed by atoms with Gasteiger partial charge in [-0.15, -0.1) is 0 Å². The van der Waals surface area contributed by atoms with Gasteiger partial charge in [0, 0.05) is 18.6 Å². The fourth-order valence-corrected chi connectivity index (χ4v) is 3.22. The van der Waals surface area contributed by atoms with Gasteiger partial charge in [-0.05, 0) is 40.5 Å². The smallest absolute Gasteiger partial charge is 0.0863 e. The van der Waals surface area contributed by atoms with Gasteiger partial charge in [-0.1, -0.05) is 6.42 Å². The van der Waals surface area contributed by atoms with Gasteiger partial charge >= 0.3 is 0 Å². The monoisotopic (exact) mass is 280 g/mol. The molecule has 3 atom stereocenters. The molecule has 1 aliphatic rings. The molecule has 2 rings (SSSR count). The van der Waals surface area contributed by atoms with Crippen LogP contribution in [0.5, 0.6) is 0 Å². The lowest BCUT2D eigenvalue weighted by molar-refractivity contribution is 0.0330. The predicted molar refractivity (Wildman–Crippen MR) is 81.6 cm³/mol. The first kappa shape index (κ1) is 15.3. The minimum atomic E-state index is -0.407. The molecule has 1 fully saturated rings. The van der Waals surface area contributed by atoms with Gasteiger partial charge in [-0.2, -0.15) is 5.10 Å². The van der Waals surface area contributed by atoms with Gasteiger partial charge in [0.25, 0.3) is 0 Å². The van der Waals surface area contributed by atoms with E-state index in [2.05, 4.69) is 23.8 Å². The highest BCUT2D eigenvalue weighted by Gasteiger charge is 2.26. The average molecular weight is 280 g/mol. The number of rotatable bonds is 4. The van der Waals surface area contributed by atoms with E-state index in [1.54, 1.807) is 0 Å². The Labute approximate surface area is 121 Å². The van der Waals surface area contributed by atoms with Crippen molar-refractivity contribution in [2.24, 2.45) is 0 Å². The predicted octanol–water partition coefficient (Wildman–Crippen LogP) is 1.71. The van der Waals surface area contributed by atoms with E-state index in [0.29, 0.717) is 25.2 Å². The highest BCUT2D eigenvalue weighted by Crippen LogP contribution is 2.23. The highest BCUT2D eigenvalue weighted by atomic mass is 16.3. The van der Waals surface area contributed by atoms with Crippen molar-refractivity contribution < 1.29 is 5.11 Å². The zero-order valence-corrected chi connectivity index (χ0v) is 13.1. The molecule has 0 amide bonds. The van der Waals surface area contributed by atoms with Crippen molar-refractivity contribution in [2.75, 3.05) is 12.3 Å². The molecule has 0 aromatic carbocycles. The number of hydrogen-bond donors (Lipinski definition) is 2. The third kappa shape index (κ3) is 3.15. The van der Waals surface area contributed by atoms with Gasteiger partial charge in [0.2, 0.25) is 0 Å². The summed E-state index contributed by atoms with van der Waals surface area (Å²) in [7, 11) is 0. The molecule has 0 aliphatic carbocycles. The molecule has 3 unspecified atom stereocenters. The SMILES string of the molecule is Cc1nn(CC(O)CN2C(C)CCCC2C)c(C)c1N. The van der Waals surface area contributed by atoms with E-state index < -0.39 is 6.10 Å². The van der Waals surface area contributed by atoms with E-state index in [9.17, 15) is 5.11 Å². The summed E-state index contributed by atoms with van der Waals surface area (Å²) in [6, 6.07) is 1.11. The Morgan fingerprint density at radius 1 is 1.25 bits per heavy atom. The standard InChI is InChI=1S/C15H28N4O/c1-10-6-5-7-11(2)18(10)8-14(20)9-19-13(4)15(16)12(3)17-19/h10-11,14,20H,5-9,16H2,1-4H3. The molecule has 0 spiro atoms. The van der Waals surface area contributed by atoms with Crippen LogP contribution >= 0.6 is 0 Å². The van der Waals surface area contributed by atoms with Crippen LogP contribution in [0.2, 0.25) is 0 Å². The van der Waals surface area contributed by atoms with E-state index in [1.165, 1.54) is 19.3 Å². The number of piperidine rings is 1. The van der Waals surface area contributed by atoms with Crippen LogP contribution in [0.4, 0.5) is 5.69 Å². The van der Waals surface area contributed by atoms with Gasteiger partial charge in [-0.3, -0.25) is 9.58 Å². The van der Waals surface area contributed by atoms with E-state index >= 15 is 0 Å². The van der Waals surface area contributed by atoms with Gasteiger partial charge in [0.1, 0.15) is 0 Å². The van der Waals surface area contributed by atoms with Gasteiger partial charge in [0.05, 0.1) is 29.7 Å². The molecule has 1 aliphatic heterocycles. The second kappa shape index (κ2) is 6.14. The normalized spacial score (nSPS) is 25.9. The number of nitrogen functional groups attached to an aromatic ring is 1. The molecule has 5 heteroatoms. The lowest BCUT2D eigenvalue weighted by Crippen LogP contribution is -2.48. The molecule has 5 nitrogen and oxygen atoms in total. The molecular formula is C15H28N4O. The van der Waals surface area contributed by atoms with Crippen molar-refractivity contribution in [1.29, 1.82) is 0 Å². The average Bonchev–Trinajstić information content (AvgIpc) is 2.62. The lowest BCUT2D eigenvalue weighted by Gasteiger charge is -2.40. The van der Waals surface area contributed by atoms with Crippen LogP contribution in [0.1, 0.15) is 44.5 Å². The van der Waals surface area contributed by atoms with Crippen molar-refractivity contribution >= 4 is 5.69 Å². The molecule has 114 valence electrons. The molecule has 1 saturated heterocycles. The Hall–Kier alpha value is -1.07. The van der Waals surface area contributed by atoms with E-state index in [1.807, 2.05) is 18.5 Å². The number of nitrogens with two attached hydrogens (primary N) is 1. The summed E-state index contributed by atoms with van der Waals surface area (Å²) < 4.78 is 1.83. The Morgan fingerprint density at radius 2 is 1.85 bits per heavy atom. The van der Waals surface area contributed by atoms with Crippen molar-refractivity contribution in [3.63, 3.8) is 0 Å².